The third kappa shape index (κ3) is 1.50. The molecule has 1 aromatic rings. The van der Waals surface area contributed by atoms with Crippen molar-refractivity contribution >= 4 is 0 Å². The molecule has 0 aromatic heterocycles. The minimum atomic E-state index is -0.00129. The summed E-state index contributed by atoms with van der Waals surface area (Å²) in [6.45, 7) is 6.19. The number of aromatic hydroxyl groups is 2. The first-order valence-electron chi connectivity index (χ1n) is 5.19. The number of hydrogen-bond acceptors (Lipinski definition) is 2. The average molecular weight is 204 g/mol. The number of rotatable bonds is 0. The van der Waals surface area contributed by atoms with Crippen molar-refractivity contribution in [1.29, 1.82) is 0 Å². The van der Waals surface area contributed by atoms with Crippen LogP contribution in [0.5, 0.6) is 11.5 Å². The molecular weight excluding hydrogens is 188 g/mol. The predicted octanol–water partition coefficient (Wildman–Crippen LogP) is 2.84. The van der Waals surface area contributed by atoms with E-state index >= 15 is 0 Å². The lowest BCUT2D eigenvalue weighted by Gasteiger charge is -2.22. The maximum absolute atomic E-state index is 9.80. The van der Waals surface area contributed by atoms with Gasteiger partial charge in [0.15, 0.2) is 11.5 Å². The summed E-state index contributed by atoms with van der Waals surface area (Å²) < 4.78 is 0. The summed E-state index contributed by atoms with van der Waals surface area (Å²) in [5.74, 6) is 0.0565. The molecule has 0 saturated carbocycles. The second kappa shape index (κ2) is 3.30. The Morgan fingerprint density at radius 1 is 0.933 bits per heavy atom. The quantitative estimate of drug-likeness (QED) is 0.504. The summed E-state index contributed by atoms with van der Waals surface area (Å²) in [7, 11) is 0. The van der Waals surface area contributed by atoms with Crippen LogP contribution >= 0.6 is 0 Å². The van der Waals surface area contributed by atoms with Crippen molar-refractivity contribution in [3.05, 3.63) is 33.9 Å². The molecule has 1 aliphatic carbocycles. The molecular formula is C13H16O2. The number of benzene rings is 1. The number of hydrogen-bond donors (Lipinski definition) is 2. The molecule has 1 aliphatic rings. The standard InChI is InChI=1S/C13H16O2/c1-7-4-10-9(3)6-12(14)13(15)11(10)5-8(7)2/h6,14-15H,4-5H2,1-3H3. The van der Waals surface area contributed by atoms with Gasteiger partial charge in [0.1, 0.15) is 0 Å². The van der Waals surface area contributed by atoms with Gasteiger partial charge in [0.2, 0.25) is 0 Å². The highest BCUT2D eigenvalue weighted by atomic mass is 16.3. The molecule has 2 rings (SSSR count). The third-order valence-corrected chi connectivity index (χ3v) is 3.33. The molecule has 15 heavy (non-hydrogen) atoms. The van der Waals surface area contributed by atoms with E-state index in [1.807, 2.05) is 6.92 Å². The van der Waals surface area contributed by atoms with Gasteiger partial charge >= 0.3 is 0 Å². The summed E-state index contributed by atoms with van der Waals surface area (Å²) in [6.07, 6.45) is 1.64. The molecule has 0 radical (unpaired) electrons. The zero-order chi connectivity index (χ0) is 11.2. The van der Waals surface area contributed by atoms with E-state index in [9.17, 15) is 10.2 Å². The first kappa shape index (κ1) is 10.1. The van der Waals surface area contributed by atoms with Crippen LogP contribution in [0.2, 0.25) is 0 Å². The molecule has 0 fully saturated rings. The number of fused-ring (bicyclic) bond motifs is 1. The third-order valence-electron chi connectivity index (χ3n) is 3.33. The van der Waals surface area contributed by atoms with E-state index in [4.69, 9.17) is 0 Å². The first-order chi connectivity index (χ1) is 7.00. The van der Waals surface area contributed by atoms with Crippen LogP contribution in [0.3, 0.4) is 0 Å². The van der Waals surface area contributed by atoms with Gasteiger partial charge in [0.25, 0.3) is 0 Å². The van der Waals surface area contributed by atoms with Crippen LogP contribution < -0.4 is 0 Å². The normalized spacial score (nSPS) is 15.4. The molecule has 0 atom stereocenters. The summed E-state index contributed by atoms with van der Waals surface area (Å²) in [6, 6.07) is 1.64. The fourth-order valence-electron chi connectivity index (χ4n) is 2.16. The Balaban J connectivity index is 2.63. The van der Waals surface area contributed by atoms with Gasteiger partial charge < -0.3 is 10.2 Å². The fraction of sp³-hybridized carbons (Fsp3) is 0.385. The van der Waals surface area contributed by atoms with E-state index in [0.29, 0.717) is 0 Å². The maximum Gasteiger partial charge on any atom is 0.161 e. The van der Waals surface area contributed by atoms with Crippen molar-refractivity contribution in [3.63, 3.8) is 0 Å². The molecule has 0 heterocycles. The average Bonchev–Trinajstić information content (AvgIpc) is 2.18. The zero-order valence-corrected chi connectivity index (χ0v) is 9.39. The Morgan fingerprint density at radius 2 is 1.47 bits per heavy atom. The zero-order valence-electron chi connectivity index (χ0n) is 9.39. The van der Waals surface area contributed by atoms with Crippen molar-refractivity contribution in [2.24, 2.45) is 0 Å². The summed E-state index contributed by atoms with van der Waals surface area (Å²) in [5, 5.41) is 19.3. The molecule has 2 heteroatoms. The van der Waals surface area contributed by atoms with Gasteiger partial charge in [-0.05, 0) is 50.8 Å². The Morgan fingerprint density at radius 3 is 2.07 bits per heavy atom. The van der Waals surface area contributed by atoms with E-state index in [1.165, 1.54) is 16.7 Å². The van der Waals surface area contributed by atoms with E-state index < -0.39 is 0 Å². The van der Waals surface area contributed by atoms with Crippen LogP contribution in [0.15, 0.2) is 17.2 Å². The topological polar surface area (TPSA) is 40.5 Å². The van der Waals surface area contributed by atoms with Gasteiger partial charge in [0.05, 0.1) is 0 Å². The molecule has 0 saturated heterocycles. The highest BCUT2D eigenvalue weighted by molar-refractivity contribution is 5.56. The van der Waals surface area contributed by atoms with Crippen LogP contribution in [0.25, 0.3) is 0 Å². The molecule has 0 amide bonds. The van der Waals surface area contributed by atoms with Crippen molar-refractivity contribution < 1.29 is 10.2 Å². The highest BCUT2D eigenvalue weighted by Gasteiger charge is 2.20. The van der Waals surface area contributed by atoms with Crippen LogP contribution in [0.1, 0.15) is 30.5 Å². The predicted molar refractivity (Wildman–Crippen MR) is 60.3 cm³/mol. The Labute approximate surface area is 89.9 Å². The highest BCUT2D eigenvalue weighted by Crippen LogP contribution is 2.39. The van der Waals surface area contributed by atoms with Crippen molar-refractivity contribution in [1.82, 2.24) is 0 Å². The van der Waals surface area contributed by atoms with E-state index in [2.05, 4.69) is 13.8 Å². The summed E-state index contributed by atoms with van der Waals surface area (Å²) >= 11 is 0. The van der Waals surface area contributed by atoms with Crippen molar-refractivity contribution in [2.45, 2.75) is 33.6 Å². The van der Waals surface area contributed by atoms with Crippen LogP contribution in [0, 0.1) is 6.92 Å². The molecule has 80 valence electrons. The van der Waals surface area contributed by atoms with Gasteiger partial charge in [-0.2, -0.15) is 0 Å². The van der Waals surface area contributed by atoms with Crippen molar-refractivity contribution in [2.75, 3.05) is 0 Å². The summed E-state index contributed by atoms with van der Waals surface area (Å²) in [4.78, 5) is 0. The SMILES string of the molecule is CC1=C(C)Cc2c(O)c(O)cc(C)c2C1. The lowest BCUT2D eigenvalue weighted by molar-refractivity contribution is 0.398. The van der Waals surface area contributed by atoms with Gasteiger partial charge in [-0.25, -0.2) is 0 Å². The Bertz CT molecular complexity index is 456. The molecule has 0 aliphatic heterocycles. The number of phenolic OH excluding ortho intramolecular Hbond substituents is 2. The van der Waals surface area contributed by atoms with Crippen LogP contribution in [-0.2, 0) is 12.8 Å². The second-order valence-electron chi connectivity index (χ2n) is 4.43. The number of aryl methyl sites for hydroxylation is 1. The van der Waals surface area contributed by atoms with Gasteiger partial charge in [-0.3, -0.25) is 0 Å². The minimum absolute atomic E-state index is 0.00129. The van der Waals surface area contributed by atoms with E-state index in [0.717, 1.165) is 24.0 Å². The van der Waals surface area contributed by atoms with Gasteiger partial charge in [0, 0.05) is 5.56 Å². The number of allylic oxidation sites excluding steroid dienone is 2. The van der Waals surface area contributed by atoms with Gasteiger partial charge in [-0.15, -0.1) is 0 Å². The smallest absolute Gasteiger partial charge is 0.161 e. The van der Waals surface area contributed by atoms with E-state index in [1.54, 1.807) is 6.07 Å². The molecule has 2 N–H and O–H groups in total. The molecule has 0 bridgehead atoms. The monoisotopic (exact) mass is 204 g/mol. The molecule has 0 spiro atoms. The van der Waals surface area contributed by atoms with Gasteiger partial charge in [-0.1, -0.05) is 11.1 Å². The number of phenols is 2. The lowest BCUT2D eigenvalue weighted by atomic mass is 9.84. The van der Waals surface area contributed by atoms with Crippen LogP contribution in [-0.4, -0.2) is 10.2 Å². The largest absolute Gasteiger partial charge is 0.504 e. The Hall–Kier alpha value is -1.44. The van der Waals surface area contributed by atoms with Crippen LogP contribution in [0.4, 0.5) is 0 Å². The molecule has 2 nitrogen and oxygen atoms in total. The lowest BCUT2D eigenvalue weighted by Crippen LogP contribution is -2.07. The maximum atomic E-state index is 9.80. The molecule has 1 aromatic carbocycles. The Kier molecular flexibility index (Phi) is 2.22. The van der Waals surface area contributed by atoms with Crippen molar-refractivity contribution in [3.8, 4) is 11.5 Å². The van der Waals surface area contributed by atoms with E-state index in [-0.39, 0.29) is 11.5 Å². The summed E-state index contributed by atoms with van der Waals surface area (Å²) in [5.41, 5.74) is 5.80. The fourth-order valence-corrected chi connectivity index (χ4v) is 2.16. The first-order valence-corrected chi connectivity index (χ1v) is 5.19. The molecule has 0 unspecified atom stereocenters. The minimum Gasteiger partial charge on any atom is -0.504 e. The second-order valence-corrected chi connectivity index (χ2v) is 4.43.